The molecule has 0 aliphatic carbocycles. The predicted octanol–water partition coefficient (Wildman–Crippen LogP) is 0.0789. The maximum Gasteiger partial charge on any atom is 0.239 e. The van der Waals surface area contributed by atoms with E-state index in [9.17, 15) is 9.90 Å². The Kier molecular flexibility index (Phi) is 4.59. The summed E-state index contributed by atoms with van der Waals surface area (Å²) in [5.74, 6) is 0.220. The van der Waals surface area contributed by atoms with Crippen molar-refractivity contribution in [3.8, 4) is 0 Å². The average Bonchev–Trinajstić information content (AvgIpc) is 2.91. The SMILES string of the molecule is CC1COC(CO)CN1C(C)C(=O)N1CCCC1. The fourth-order valence-electron chi connectivity index (χ4n) is 2.83. The van der Waals surface area contributed by atoms with Crippen molar-refractivity contribution in [1.82, 2.24) is 9.80 Å². The lowest BCUT2D eigenvalue weighted by atomic mass is 10.1. The Labute approximate surface area is 109 Å². The lowest BCUT2D eigenvalue weighted by Gasteiger charge is -2.41. The van der Waals surface area contributed by atoms with Crippen LogP contribution in [0.25, 0.3) is 0 Å². The number of aliphatic hydroxyl groups is 1. The van der Waals surface area contributed by atoms with Crippen molar-refractivity contribution in [3.63, 3.8) is 0 Å². The lowest BCUT2D eigenvalue weighted by molar-refractivity contribution is -0.143. The van der Waals surface area contributed by atoms with E-state index in [1.54, 1.807) is 0 Å². The van der Waals surface area contributed by atoms with Gasteiger partial charge >= 0.3 is 0 Å². The molecule has 5 heteroatoms. The minimum Gasteiger partial charge on any atom is -0.394 e. The minimum atomic E-state index is -0.157. The quantitative estimate of drug-likeness (QED) is 0.777. The summed E-state index contributed by atoms with van der Waals surface area (Å²) < 4.78 is 5.51. The van der Waals surface area contributed by atoms with Gasteiger partial charge in [0, 0.05) is 25.7 Å². The van der Waals surface area contributed by atoms with Crippen LogP contribution < -0.4 is 0 Å². The molecule has 2 rings (SSSR count). The van der Waals surface area contributed by atoms with Gasteiger partial charge in [0.2, 0.25) is 5.91 Å². The van der Waals surface area contributed by atoms with Crippen LogP contribution in [0.3, 0.4) is 0 Å². The molecule has 0 aromatic rings. The highest BCUT2D eigenvalue weighted by Gasteiger charge is 2.34. The number of carbonyl (C=O) groups excluding carboxylic acids is 1. The van der Waals surface area contributed by atoms with Crippen molar-refractivity contribution in [2.75, 3.05) is 32.8 Å². The summed E-state index contributed by atoms with van der Waals surface area (Å²) in [6, 6.07) is 0.116. The molecule has 104 valence electrons. The van der Waals surface area contributed by atoms with E-state index in [0.717, 1.165) is 25.9 Å². The summed E-state index contributed by atoms with van der Waals surface area (Å²) in [5, 5.41) is 9.18. The number of rotatable bonds is 3. The second kappa shape index (κ2) is 5.99. The zero-order valence-electron chi connectivity index (χ0n) is 11.3. The molecule has 2 fully saturated rings. The van der Waals surface area contributed by atoms with Crippen LogP contribution in [-0.4, -0.2) is 71.8 Å². The Hall–Kier alpha value is -0.650. The van der Waals surface area contributed by atoms with Gasteiger partial charge in [0.05, 0.1) is 25.4 Å². The van der Waals surface area contributed by atoms with Gasteiger partial charge in [0.15, 0.2) is 0 Å². The van der Waals surface area contributed by atoms with E-state index in [4.69, 9.17) is 4.74 Å². The topological polar surface area (TPSA) is 53.0 Å². The molecule has 0 radical (unpaired) electrons. The Morgan fingerprint density at radius 2 is 2.11 bits per heavy atom. The van der Waals surface area contributed by atoms with E-state index in [1.165, 1.54) is 0 Å². The zero-order valence-corrected chi connectivity index (χ0v) is 11.3. The molecule has 18 heavy (non-hydrogen) atoms. The normalized spacial score (nSPS) is 31.6. The van der Waals surface area contributed by atoms with Crippen LogP contribution in [0.15, 0.2) is 0 Å². The highest BCUT2D eigenvalue weighted by atomic mass is 16.5. The number of nitrogens with zero attached hydrogens (tertiary/aromatic N) is 2. The Bertz CT molecular complexity index is 292. The van der Waals surface area contributed by atoms with Crippen molar-refractivity contribution in [2.24, 2.45) is 0 Å². The maximum absolute atomic E-state index is 12.4. The highest BCUT2D eigenvalue weighted by Crippen LogP contribution is 2.18. The third-order valence-electron chi connectivity index (χ3n) is 4.03. The molecule has 2 aliphatic rings. The van der Waals surface area contributed by atoms with E-state index in [-0.39, 0.29) is 30.7 Å². The van der Waals surface area contributed by atoms with Gasteiger partial charge in [-0.25, -0.2) is 0 Å². The van der Waals surface area contributed by atoms with Crippen molar-refractivity contribution in [3.05, 3.63) is 0 Å². The molecule has 0 bridgehead atoms. The first-order valence-electron chi connectivity index (χ1n) is 6.90. The van der Waals surface area contributed by atoms with Gasteiger partial charge < -0.3 is 14.7 Å². The largest absolute Gasteiger partial charge is 0.394 e. The molecule has 3 atom stereocenters. The second-order valence-corrected chi connectivity index (χ2v) is 5.39. The van der Waals surface area contributed by atoms with E-state index < -0.39 is 0 Å². The first-order valence-corrected chi connectivity index (χ1v) is 6.90. The molecule has 0 saturated carbocycles. The summed E-state index contributed by atoms with van der Waals surface area (Å²) in [5.41, 5.74) is 0. The molecular weight excluding hydrogens is 232 g/mol. The van der Waals surface area contributed by atoms with Crippen LogP contribution in [0.2, 0.25) is 0 Å². The van der Waals surface area contributed by atoms with Crippen LogP contribution in [0.1, 0.15) is 26.7 Å². The number of hydrogen-bond acceptors (Lipinski definition) is 4. The average molecular weight is 256 g/mol. The number of carbonyl (C=O) groups is 1. The molecule has 1 N–H and O–H groups in total. The first kappa shape index (κ1) is 13.8. The molecular formula is C13H24N2O3. The van der Waals surface area contributed by atoms with Gasteiger partial charge in [-0.2, -0.15) is 0 Å². The van der Waals surface area contributed by atoms with Crippen LogP contribution in [0.4, 0.5) is 0 Å². The zero-order chi connectivity index (χ0) is 13.1. The maximum atomic E-state index is 12.4. The van der Waals surface area contributed by atoms with Gasteiger partial charge in [-0.15, -0.1) is 0 Å². The number of aliphatic hydroxyl groups excluding tert-OH is 1. The summed E-state index contributed by atoms with van der Waals surface area (Å²) >= 11 is 0. The molecule has 2 saturated heterocycles. The van der Waals surface area contributed by atoms with Crippen LogP contribution in [0, 0.1) is 0 Å². The summed E-state index contributed by atoms with van der Waals surface area (Å²) in [4.78, 5) is 16.5. The Morgan fingerprint density at radius 1 is 1.44 bits per heavy atom. The number of morpholine rings is 1. The number of hydrogen-bond donors (Lipinski definition) is 1. The van der Waals surface area contributed by atoms with Gasteiger partial charge in [-0.3, -0.25) is 9.69 Å². The smallest absolute Gasteiger partial charge is 0.239 e. The van der Waals surface area contributed by atoms with E-state index in [1.807, 2.05) is 11.8 Å². The fraction of sp³-hybridized carbons (Fsp3) is 0.923. The standard InChI is InChI=1S/C13H24N2O3/c1-10-9-18-12(8-16)7-15(10)11(2)13(17)14-5-3-4-6-14/h10-12,16H,3-9H2,1-2H3. The molecule has 0 aromatic heterocycles. The molecule has 0 aromatic carbocycles. The molecule has 0 spiro atoms. The third kappa shape index (κ3) is 2.84. The number of amides is 1. The fourth-order valence-corrected chi connectivity index (χ4v) is 2.83. The monoisotopic (exact) mass is 256 g/mol. The molecule has 1 amide bonds. The van der Waals surface area contributed by atoms with Crippen molar-refractivity contribution >= 4 is 5.91 Å². The first-order chi connectivity index (χ1) is 8.63. The summed E-state index contributed by atoms with van der Waals surface area (Å²) in [6.07, 6.45) is 2.09. The van der Waals surface area contributed by atoms with Crippen LogP contribution in [-0.2, 0) is 9.53 Å². The minimum absolute atomic E-state index is 0.0217. The van der Waals surface area contributed by atoms with Crippen LogP contribution >= 0.6 is 0 Å². The molecule has 5 nitrogen and oxygen atoms in total. The van der Waals surface area contributed by atoms with E-state index in [2.05, 4.69) is 11.8 Å². The van der Waals surface area contributed by atoms with Crippen molar-refractivity contribution < 1.29 is 14.6 Å². The Balaban J connectivity index is 1.97. The van der Waals surface area contributed by atoms with Gasteiger partial charge in [0.1, 0.15) is 0 Å². The number of ether oxygens (including phenoxy) is 1. The summed E-state index contributed by atoms with van der Waals surface area (Å²) in [7, 11) is 0. The molecule has 2 aliphatic heterocycles. The molecule has 2 heterocycles. The number of likely N-dealkylation sites (tertiary alicyclic amines) is 1. The van der Waals surface area contributed by atoms with Gasteiger partial charge in [-0.05, 0) is 26.7 Å². The second-order valence-electron chi connectivity index (χ2n) is 5.39. The molecule has 3 unspecified atom stereocenters. The van der Waals surface area contributed by atoms with Crippen molar-refractivity contribution in [1.29, 1.82) is 0 Å². The summed E-state index contributed by atoms with van der Waals surface area (Å²) in [6.45, 7) is 7.07. The Morgan fingerprint density at radius 3 is 2.72 bits per heavy atom. The van der Waals surface area contributed by atoms with Crippen LogP contribution in [0.5, 0.6) is 0 Å². The van der Waals surface area contributed by atoms with E-state index in [0.29, 0.717) is 13.2 Å². The van der Waals surface area contributed by atoms with Gasteiger partial charge in [-0.1, -0.05) is 0 Å². The van der Waals surface area contributed by atoms with Crippen molar-refractivity contribution in [2.45, 2.75) is 44.9 Å². The lowest BCUT2D eigenvalue weighted by Crippen LogP contribution is -2.57. The third-order valence-corrected chi connectivity index (χ3v) is 4.03. The van der Waals surface area contributed by atoms with E-state index >= 15 is 0 Å². The predicted molar refractivity (Wildman–Crippen MR) is 68.3 cm³/mol. The highest BCUT2D eigenvalue weighted by molar-refractivity contribution is 5.81. The van der Waals surface area contributed by atoms with Gasteiger partial charge in [0.25, 0.3) is 0 Å².